The number of hydrogen-bond donors (Lipinski definition) is 3. The Kier molecular flexibility index (Phi) is 8.58. The molecule has 0 radical (unpaired) electrons. The number of methoxy groups -OCH3 is 2. The van der Waals surface area contributed by atoms with E-state index in [-0.39, 0.29) is 30.1 Å². The molecule has 0 unspecified atom stereocenters. The van der Waals surface area contributed by atoms with Gasteiger partial charge in [0.25, 0.3) is 0 Å². The number of aromatic hydroxyl groups is 1. The molecular formula is C26H31NO6. The van der Waals surface area contributed by atoms with E-state index in [2.05, 4.69) is 17.2 Å². The monoisotopic (exact) mass is 453 g/mol. The lowest BCUT2D eigenvalue weighted by Gasteiger charge is -2.16. The number of nitrogens with one attached hydrogen (secondary N) is 1. The predicted octanol–water partition coefficient (Wildman–Crippen LogP) is 2.76. The van der Waals surface area contributed by atoms with Crippen LogP contribution in [0.2, 0.25) is 0 Å². The van der Waals surface area contributed by atoms with Gasteiger partial charge in [0, 0.05) is 24.8 Å². The molecular weight excluding hydrogens is 422 g/mol. The molecule has 176 valence electrons. The maximum atomic E-state index is 12.5. The highest BCUT2D eigenvalue weighted by molar-refractivity contribution is 5.79. The van der Waals surface area contributed by atoms with Gasteiger partial charge in [-0.05, 0) is 49.6 Å². The quantitative estimate of drug-likeness (QED) is 0.473. The molecule has 3 N–H and O–H groups in total. The summed E-state index contributed by atoms with van der Waals surface area (Å²) in [6.07, 6.45) is 1.55. The van der Waals surface area contributed by atoms with E-state index in [4.69, 9.17) is 14.2 Å². The minimum absolute atomic E-state index is 0.00748. The first-order chi connectivity index (χ1) is 16.0. The fourth-order valence-corrected chi connectivity index (χ4v) is 3.93. The molecule has 1 atom stereocenters. The molecule has 0 saturated carbocycles. The molecule has 0 aromatic heterocycles. The number of aryl methyl sites for hydroxylation is 2. The highest BCUT2D eigenvalue weighted by Gasteiger charge is 2.18. The van der Waals surface area contributed by atoms with Gasteiger partial charge in [0.05, 0.1) is 25.9 Å². The average molecular weight is 454 g/mol. The van der Waals surface area contributed by atoms with Gasteiger partial charge in [-0.25, -0.2) is 0 Å². The number of rotatable bonds is 5. The molecule has 7 nitrogen and oxygen atoms in total. The summed E-state index contributed by atoms with van der Waals surface area (Å²) in [6.45, 7) is 0.307. The van der Waals surface area contributed by atoms with Crippen LogP contribution in [0.1, 0.15) is 41.5 Å². The molecule has 0 saturated heterocycles. The molecule has 1 aliphatic rings. The Morgan fingerprint density at radius 3 is 2.64 bits per heavy atom. The first-order valence-electron chi connectivity index (χ1n) is 11.0. The lowest BCUT2D eigenvalue weighted by Crippen LogP contribution is -2.16. The van der Waals surface area contributed by atoms with Gasteiger partial charge >= 0.3 is 0 Å². The summed E-state index contributed by atoms with van der Waals surface area (Å²) in [4.78, 5) is 12.5. The molecule has 2 bridgehead atoms. The second kappa shape index (κ2) is 11.6. The maximum absolute atomic E-state index is 12.5. The number of benzene rings is 2. The van der Waals surface area contributed by atoms with Crippen molar-refractivity contribution in [1.29, 1.82) is 0 Å². The van der Waals surface area contributed by atoms with Gasteiger partial charge in [-0.1, -0.05) is 24.0 Å². The largest absolute Gasteiger partial charge is 0.504 e. The smallest absolute Gasteiger partial charge is 0.176 e. The van der Waals surface area contributed by atoms with Gasteiger partial charge in [-0.15, -0.1) is 0 Å². The molecule has 1 aliphatic carbocycles. The van der Waals surface area contributed by atoms with Crippen LogP contribution in [0.15, 0.2) is 24.3 Å². The number of ether oxygens (including phenoxy) is 3. The van der Waals surface area contributed by atoms with Crippen molar-refractivity contribution >= 4 is 5.78 Å². The van der Waals surface area contributed by atoms with Crippen molar-refractivity contribution in [3.05, 3.63) is 46.5 Å². The van der Waals surface area contributed by atoms with Gasteiger partial charge < -0.3 is 24.4 Å². The summed E-state index contributed by atoms with van der Waals surface area (Å²) in [5.74, 6) is 7.77. The number of carbonyl (C=O) groups excluding carboxylic acids is 1. The normalized spacial score (nSPS) is 16.5. The molecule has 0 amide bonds. The second-order valence-corrected chi connectivity index (χ2v) is 7.99. The number of phenolic OH excluding ortho intramolecular Hbond substituents is 1. The van der Waals surface area contributed by atoms with E-state index < -0.39 is 6.10 Å². The number of aliphatic hydroxyl groups excluding tert-OH is 1. The zero-order chi connectivity index (χ0) is 23.8. The first kappa shape index (κ1) is 24.4. The number of hydrogen-bond acceptors (Lipinski definition) is 7. The summed E-state index contributed by atoms with van der Waals surface area (Å²) in [6, 6.07) is 7.20. The van der Waals surface area contributed by atoms with E-state index in [1.54, 1.807) is 26.3 Å². The topological polar surface area (TPSA) is 97.2 Å². The van der Waals surface area contributed by atoms with Gasteiger partial charge in [0.2, 0.25) is 0 Å². The van der Waals surface area contributed by atoms with Crippen molar-refractivity contribution in [2.24, 2.45) is 0 Å². The van der Waals surface area contributed by atoms with Crippen molar-refractivity contribution in [2.75, 3.05) is 28.0 Å². The van der Waals surface area contributed by atoms with E-state index in [1.807, 2.05) is 12.1 Å². The van der Waals surface area contributed by atoms with E-state index in [9.17, 15) is 15.0 Å². The summed E-state index contributed by atoms with van der Waals surface area (Å²) >= 11 is 0. The maximum Gasteiger partial charge on any atom is 0.176 e. The van der Waals surface area contributed by atoms with E-state index in [0.717, 1.165) is 16.7 Å². The molecule has 0 aliphatic heterocycles. The zero-order valence-corrected chi connectivity index (χ0v) is 19.4. The number of aliphatic hydroxyl groups is 1. The fraction of sp³-hybridized carbons (Fsp3) is 0.423. The van der Waals surface area contributed by atoms with Gasteiger partial charge in [0.1, 0.15) is 12.5 Å². The minimum atomic E-state index is -0.720. The van der Waals surface area contributed by atoms with Crippen molar-refractivity contribution in [3.8, 4) is 34.8 Å². The third kappa shape index (κ3) is 6.19. The van der Waals surface area contributed by atoms with Crippen LogP contribution in [0, 0.1) is 11.8 Å². The van der Waals surface area contributed by atoms with Crippen molar-refractivity contribution in [2.45, 2.75) is 44.6 Å². The van der Waals surface area contributed by atoms with Crippen molar-refractivity contribution in [1.82, 2.24) is 5.32 Å². The molecule has 0 fully saturated rings. The van der Waals surface area contributed by atoms with Crippen molar-refractivity contribution in [3.63, 3.8) is 0 Å². The van der Waals surface area contributed by atoms with Crippen LogP contribution in [0.3, 0.4) is 0 Å². The van der Waals surface area contributed by atoms with Crippen molar-refractivity contribution < 1.29 is 29.2 Å². The summed E-state index contributed by atoms with van der Waals surface area (Å²) in [5.41, 5.74) is 3.19. The van der Waals surface area contributed by atoms with Crippen LogP contribution in [-0.4, -0.2) is 50.1 Å². The number of carbonyl (C=O) groups is 1. The first-order valence-corrected chi connectivity index (χ1v) is 11.0. The molecule has 33 heavy (non-hydrogen) atoms. The highest BCUT2D eigenvalue weighted by atomic mass is 16.5. The second-order valence-electron chi connectivity index (χ2n) is 7.99. The van der Waals surface area contributed by atoms with E-state index in [1.165, 1.54) is 7.11 Å². The third-order valence-corrected chi connectivity index (χ3v) is 5.59. The average Bonchev–Trinajstić information content (AvgIpc) is 2.80. The fourth-order valence-electron chi connectivity index (χ4n) is 3.93. The zero-order valence-electron chi connectivity index (χ0n) is 19.4. The minimum Gasteiger partial charge on any atom is -0.504 e. The molecule has 2 aromatic rings. The highest BCUT2D eigenvalue weighted by Crippen LogP contribution is 2.35. The summed E-state index contributed by atoms with van der Waals surface area (Å²) in [5, 5.41) is 23.6. The summed E-state index contributed by atoms with van der Waals surface area (Å²) < 4.78 is 16.9. The Hall–Kier alpha value is -3.21. The van der Waals surface area contributed by atoms with Crippen LogP contribution in [0.5, 0.6) is 23.0 Å². The lowest BCUT2D eigenvalue weighted by atomic mass is 9.97. The van der Waals surface area contributed by atoms with E-state index >= 15 is 0 Å². The van der Waals surface area contributed by atoms with Crippen LogP contribution in [0.4, 0.5) is 0 Å². The SMILES string of the molecule is CNCOc1c2cc(cc1OC)CC[C@@H](O)CC(=O)CCc1ccc(O)c(OC)c1C#CC2. The number of ketones is 1. The van der Waals surface area contributed by atoms with Crippen LogP contribution in [-0.2, 0) is 24.1 Å². The lowest BCUT2D eigenvalue weighted by molar-refractivity contribution is -0.121. The Labute approximate surface area is 194 Å². The van der Waals surface area contributed by atoms with Gasteiger partial charge in [-0.3, -0.25) is 10.1 Å². The van der Waals surface area contributed by atoms with Gasteiger partial charge in [0.15, 0.2) is 23.0 Å². The van der Waals surface area contributed by atoms with Crippen LogP contribution in [0.25, 0.3) is 0 Å². The number of phenols is 1. The Bertz CT molecular complexity index is 1050. The predicted molar refractivity (Wildman–Crippen MR) is 125 cm³/mol. The van der Waals surface area contributed by atoms with Gasteiger partial charge in [-0.2, -0.15) is 0 Å². The number of fused-ring (bicyclic) bond motifs is 3. The summed E-state index contributed by atoms with van der Waals surface area (Å²) in [7, 11) is 4.85. The Morgan fingerprint density at radius 1 is 1.09 bits per heavy atom. The molecule has 2 aromatic carbocycles. The van der Waals surface area contributed by atoms with Crippen LogP contribution >= 0.6 is 0 Å². The standard InChI is InChI=1S/C26H31NO6/c1-27-16-33-25-19-5-4-6-22-18(9-12-23(30)26(22)32-3)8-11-21(29)15-20(28)10-7-17(13-19)14-24(25)31-2/h9,12-14,20,27-28,30H,5,7-8,10-11,15-16H2,1-3H3/t20-/m1/s1. The molecule has 3 rings (SSSR count). The third-order valence-electron chi connectivity index (χ3n) is 5.59. The molecule has 7 heteroatoms. The Balaban J connectivity index is 2.10. The number of Topliss-reactive ketones (excluding diaryl/α,β-unsaturated/α-hetero) is 1. The van der Waals surface area contributed by atoms with Crippen LogP contribution < -0.4 is 19.5 Å². The molecule has 0 heterocycles. The Morgan fingerprint density at radius 2 is 1.91 bits per heavy atom. The van der Waals surface area contributed by atoms with E-state index in [0.29, 0.717) is 49.5 Å². The molecule has 0 spiro atoms.